The second-order valence-electron chi connectivity index (χ2n) is 3.91. The lowest BCUT2D eigenvalue weighted by Crippen LogP contribution is -2.68. The third-order valence-corrected chi connectivity index (χ3v) is 2.83. The summed E-state index contributed by atoms with van der Waals surface area (Å²) in [7, 11) is 0. The Balaban J connectivity index is 1.76. The van der Waals surface area contributed by atoms with Crippen LogP contribution < -0.4 is 5.73 Å². The van der Waals surface area contributed by atoms with E-state index in [0.29, 0.717) is 6.54 Å². The molecular formula is C8H15FN2. The highest BCUT2D eigenvalue weighted by Crippen LogP contribution is 2.42. The molecule has 3 heteroatoms. The molecule has 0 aromatic rings. The first-order valence-corrected chi connectivity index (χ1v) is 4.32. The summed E-state index contributed by atoms with van der Waals surface area (Å²) >= 11 is 0. The minimum absolute atomic E-state index is 0.0647. The van der Waals surface area contributed by atoms with E-state index in [4.69, 9.17) is 5.73 Å². The van der Waals surface area contributed by atoms with E-state index in [0.717, 1.165) is 19.0 Å². The molecule has 0 aromatic heterocycles. The maximum Gasteiger partial charge on any atom is 0.102 e. The van der Waals surface area contributed by atoms with Crippen molar-refractivity contribution in [3.8, 4) is 0 Å². The van der Waals surface area contributed by atoms with E-state index >= 15 is 0 Å². The number of hydrogen-bond acceptors (Lipinski definition) is 2. The first kappa shape index (κ1) is 7.50. The predicted octanol–water partition coefficient (Wildman–Crippen LogP) is 0.379. The number of rotatable bonds is 3. The van der Waals surface area contributed by atoms with Crippen molar-refractivity contribution in [1.82, 2.24) is 4.90 Å². The molecule has 11 heavy (non-hydrogen) atoms. The Bertz CT molecular complexity index is 150. The van der Waals surface area contributed by atoms with Gasteiger partial charge in [0.1, 0.15) is 6.67 Å². The highest BCUT2D eigenvalue weighted by molar-refractivity contribution is 5.08. The summed E-state index contributed by atoms with van der Waals surface area (Å²) in [6, 6.07) is 0. The van der Waals surface area contributed by atoms with E-state index in [2.05, 4.69) is 4.90 Å². The highest BCUT2D eigenvalue weighted by Gasteiger charge is 2.49. The third kappa shape index (κ3) is 1.27. The van der Waals surface area contributed by atoms with Gasteiger partial charge in [-0.3, -0.25) is 4.90 Å². The first-order valence-electron chi connectivity index (χ1n) is 4.32. The summed E-state index contributed by atoms with van der Waals surface area (Å²) in [6.07, 6.45) is 2.58. The number of nitrogens with zero attached hydrogens (tertiary/aromatic N) is 1. The van der Waals surface area contributed by atoms with Crippen molar-refractivity contribution in [2.75, 3.05) is 26.3 Å². The third-order valence-electron chi connectivity index (χ3n) is 2.83. The van der Waals surface area contributed by atoms with Gasteiger partial charge >= 0.3 is 0 Å². The SMILES string of the molecule is NC1(C2CC2)CN(CCF)C1. The number of nitrogens with two attached hydrogens (primary N) is 1. The Morgan fingerprint density at radius 2 is 2.09 bits per heavy atom. The van der Waals surface area contributed by atoms with Crippen LogP contribution in [0, 0.1) is 5.92 Å². The van der Waals surface area contributed by atoms with Crippen molar-refractivity contribution < 1.29 is 4.39 Å². The van der Waals surface area contributed by atoms with Crippen LogP contribution in [-0.2, 0) is 0 Å². The largest absolute Gasteiger partial charge is 0.323 e. The molecule has 1 aliphatic carbocycles. The zero-order valence-electron chi connectivity index (χ0n) is 6.72. The van der Waals surface area contributed by atoms with Gasteiger partial charge in [0.2, 0.25) is 0 Å². The Labute approximate surface area is 66.5 Å². The first-order chi connectivity index (χ1) is 5.24. The molecular weight excluding hydrogens is 143 g/mol. The average Bonchev–Trinajstić information content (AvgIpc) is 2.65. The molecule has 64 valence electrons. The maximum atomic E-state index is 11.9. The number of likely N-dealkylation sites (tertiary alicyclic amines) is 1. The standard InChI is InChI=1S/C8H15FN2/c9-3-4-11-5-8(10,6-11)7-1-2-7/h7H,1-6,10H2. The van der Waals surface area contributed by atoms with E-state index in [1.165, 1.54) is 12.8 Å². The van der Waals surface area contributed by atoms with Gasteiger partial charge in [-0.25, -0.2) is 4.39 Å². The molecule has 0 bridgehead atoms. The minimum Gasteiger partial charge on any atom is -0.323 e. The number of halogens is 1. The molecule has 1 heterocycles. The molecule has 0 spiro atoms. The van der Waals surface area contributed by atoms with Crippen molar-refractivity contribution in [1.29, 1.82) is 0 Å². The fraction of sp³-hybridized carbons (Fsp3) is 1.00. The zero-order chi connectivity index (χ0) is 7.90. The molecule has 1 aliphatic heterocycles. The Kier molecular flexibility index (Phi) is 1.65. The fourth-order valence-electron chi connectivity index (χ4n) is 1.98. The normalized spacial score (nSPS) is 30.0. The van der Waals surface area contributed by atoms with Gasteiger partial charge in [-0.1, -0.05) is 0 Å². The molecule has 0 atom stereocenters. The van der Waals surface area contributed by atoms with Crippen LogP contribution in [0.4, 0.5) is 4.39 Å². The number of hydrogen-bond donors (Lipinski definition) is 1. The van der Waals surface area contributed by atoms with Gasteiger partial charge in [-0.05, 0) is 18.8 Å². The molecule has 0 amide bonds. The van der Waals surface area contributed by atoms with Gasteiger partial charge in [0.05, 0.1) is 0 Å². The topological polar surface area (TPSA) is 29.3 Å². The smallest absolute Gasteiger partial charge is 0.102 e. The summed E-state index contributed by atoms with van der Waals surface area (Å²) in [6.45, 7) is 2.18. The molecule has 0 radical (unpaired) electrons. The minimum atomic E-state index is -0.235. The van der Waals surface area contributed by atoms with E-state index < -0.39 is 0 Å². The summed E-state index contributed by atoms with van der Waals surface area (Å²) in [5.74, 6) is 0.748. The molecule has 2 N–H and O–H groups in total. The van der Waals surface area contributed by atoms with Gasteiger partial charge in [-0.2, -0.15) is 0 Å². The molecule has 2 nitrogen and oxygen atoms in total. The van der Waals surface area contributed by atoms with E-state index in [1.807, 2.05) is 0 Å². The second-order valence-corrected chi connectivity index (χ2v) is 3.91. The Morgan fingerprint density at radius 1 is 1.45 bits per heavy atom. The van der Waals surface area contributed by atoms with Crippen LogP contribution >= 0.6 is 0 Å². The lowest BCUT2D eigenvalue weighted by atomic mass is 9.86. The molecule has 2 fully saturated rings. The molecule has 0 unspecified atom stereocenters. The van der Waals surface area contributed by atoms with Crippen LogP contribution in [0.15, 0.2) is 0 Å². The highest BCUT2D eigenvalue weighted by atomic mass is 19.1. The second kappa shape index (κ2) is 2.42. The Hall–Kier alpha value is -0.150. The van der Waals surface area contributed by atoms with Crippen LogP contribution in [-0.4, -0.2) is 36.7 Å². The van der Waals surface area contributed by atoms with Gasteiger partial charge in [0.15, 0.2) is 0 Å². The quantitative estimate of drug-likeness (QED) is 0.643. The van der Waals surface area contributed by atoms with E-state index in [-0.39, 0.29) is 12.2 Å². The van der Waals surface area contributed by atoms with Crippen LogP contribution in [0.1, 0.15) is 12.8 Å². The van der Waals surface area contributed by atoms with Crippen molar-refractivity contribution in [2.45, 2.75) is 18.4 Å². The van der Waals surface area contributed by atoms with Gasteiger partial charge in [-0.15, -0.1) is 0 Å². The maximum absolute atomic E-state index is 11.9. The predicted molar refractivity (Wildman–Crippen MR) is 42.1 cm³/mol. The molecule has 0 aromatic carbocycles. The molecule has 2 aliphatic rings. The van der Waals surface area contributed by atoms with Crippen molar-refractivity contribution in [3.05, 3.63) is 0 Å². The summed E-state index contributed by atoms with van der Waals surface area (Å²) in [4.78, 5) is 2.10. The van der Waals surface area contributed by atoms with Crippen LogP contribution in [0.25, 0.3) is 0 Å². The fourth-order valence-corrected chi connectivity index (χ4v) is 1.98. The van der Waals surface area contributed by atoms with E-state index in [1.54, 1.807) is 0 Å². The molecule has 2 rings (SSSR count). The van der Waals surface area contributed by atoms with Crippen LogP contribution in [0.2, 0.25) is 0 Å². The van der Waals surface area contributed by atoms with E-state index in [9.17, 15) is 4.39 Å². The zero-order valence-corrected chi connectivity index (χ0v) is 6.72. The summed E-state index contributed by atoms with van der Waals surface area (Å²) in [5, 5.41) is 0. The van der Waals surface area contributed by atoms with Crippen molar-refractivity contribution in [3.63, 3.8) is 0 Å². The van der Waals surface area contributed by atoms with Crippen LogP contribution in [0.3, 0.4) is 0 Å². The summed E-state index contributed by atoms with van der Waals surface area (Å²) in [5.41, 5.74) is 6.13. The number of alkyl halides is 1. The lowest BCUT2D eigenvalue weighted by Gasteiger charge is -2.48. The van der Waals surface area contributed by atoms with Crippen molar-refractivity contribution in [2.24, 2.45) is 11.7 Å². The molecule has 1 saturated carbocycles. The lowest BCUT2D eigenvalue weighted by molar-refractivity contribution is 0.0498. The van der Waals surface area contributed by atoms with Crippen LogP contribution in [0.5, 0.6) is 0 Å². The van der Waals surface area contributed by atoms with Gasteiger partial charge in [0.25, 0.3) is 0 Å². The van der Waals surface area contributed by atoms with Gasteiger partial charge < -0.3 is 5.73 Å². The Morgan fingerprint density at radius 3 is 2.55 bits per heavy atom. The van der Waals surface area contributed by atoms with Gasteiger partial charge in [0, 0.05) is 25.2 Å². The van der Waals surface area contributed by atoms with Crippen molar-refractivity contribution >= 4 is 0 Å². The monoisotopic (exact) mass is 158 g/mol. The summed E-state index contributed by atoms with van der Waals surface area (Å²) < 4.78 is 11.9. The molecule has 1 saturated heterocycles. The average molecular weight is 158 g/mol.